The Kier molecular flexibility index (Phi) is 8.85. The van der Waals surface area contributed by atoms with E-state index in [2.05, 4.69) is 49.5 Å². The maximum atomic E-state index is 5.89. The average Bonchev–Trinajstić information content (AvgIpc) is 2.32. The molecular formula is C16H33IN4. The van der Waals surface area contributed by atoms with E-state index < -0.39 is 0 Å². The van der Waals surface area contributed by atoms with Gasteiger partial charge in [-0.05, 0) is 39.0 Å². The summed E-state index contributed by atoms with van der Waals surface area (Å²) in [6.07, 6.45) is 1.33. The first kappa shape index (κ1) is 20.7. The minimum Gasteiger partial charge on any atom is -0.370 e. The first-order valence-corrected chi connectivity index (χ1v) is 7.64. The maximum Gasteiger partial charge on any atom is 0.188 e. The highest BCUT2D eigenvalue weighted by atomic mass is 127. The Hall–Kier alpha value is -0.300. The Morgan fingerprint density at radius 3 is 2.33 bits per heavy atom. The number of nitrogens with zero attached hydrogens (tertiary/aromatic N) is 2. The number of piperidine rings is 1. The first-order valence-electron chi connectivity index (χ1n) is 7.64. The van der Waals surface area contributed by atoms with E-state index in [1.54, 1.807) is 0 Å². The smallest absolute Gasteiger partial charge is 0.188 e. The van der Waals surface area contributed by atoms with Crippen LogP contribution in [0.2, 0.25) is 0 Å². The van der Waals surface area contributed by atoms with Gasteiger partial charge in [-0.25, -0.2) is 0 Å². The molecule has 1 saturated heterocycles. The van der Waals surface area contributed by atoms with Gasteiger partial charge >= 0.3 is 0 Å². The van der Waals surface area contributed by atoms with Crippen molar-refractivity contribution in [3.8, 4) is 0 Å². The molecule has 0 aromatic rings. The molecule has 4 nitrogen and oxygen atoms in total. The van der Waals surface area contributed by atoms with Crippen molar-refractivity contribution in [1.82, 2.24) is 10.2 Å². The Balaban J connectivity index is 0.00000400. The predicted octanol–water partition coefficient (Wildman–Crippen LogP) is 2.84. The van der Waals surface area contributed by atoms with Crippen LogP contribution in [0.25, 0.3) is 0 Å². The molecule has 1 fully saturated rings. The third-order valence-corrected chi connectivity index (χ3v) is 3.93. The molecule has 1 aliphatic rings. The van der Waals surface area contributed by atoms with Crippen LogP contribution in [-0.2, 0) is 0 Å². The highest BCUT2D eigenvalue weighted by molar-refractivity contribution is 14.0. The minimum atomic E-state index is 0. The van der Waals surface area contributed by atoms with Gasteiger partial charge in [0.1, 0.15) is 0 Å². The second kappa shape index (κ2) is 8.98. The van der Waals surface area contributed by atoms with E-state index in [9.17, 15) is 0 Å². The summed E-state index contributed by atoms with van der Waals surface area (Å²) < 4.78 is 0. The first-order chi connectivity index (χ1) is 9.20. The van der Waals surface area contributed by atoms with Gasteiger partial charge < -0.3 is 11.1 Å². The van der Waals surface area contributed by atoms with Crippen molar-refractivity contribution in [2.75, 3.05) is 26.2 Å². The lowest BCUT2D eigenvalue weighted by Crippen LogP contribution is -2.53. The van der Waals surface area contributed by atoms with E-state index >= 15 is 0 Å². The molecule has 0 aliphatic carbocycles. The quantitative estimate of drug-likeness (QED) is 0.318. The molecule has 3 N–H and O–H groups in total. The fourth-order valence-electron chi connectivity index (χ4n) is 2.83. The summed E-state index contributed by atoms with van der Waals surface area (Å²) in [6.45, 7) is 18.7. The van der Waals surface area contributed by atoms with Crippen molar-refractivity contribution < 1.29 is 0 Å². The van der Waals surface area contributed by atoms with Crippen molar-refractivity contribution in [2.45, 2.75) is 46.6 Å². The summed E-state index contributed by atoms with van der Waals surface area (Å²) in [5.74, 6) is 2.04. The summed E-state index contributed by atoms with van der Waals surface area (Å²) in [5, 5.41) is 3.08. The molecular weight excluding hydrogens is 375 g/mol. The van der Waals surface area contributed by atoms with Crippen molar-refractivity contribution in [2.24, 2.45) is 22.6 Å². The van der Waals surface area contributed by atoms with Crippen LogP contribution >= 0.6 is 24.0 Å². The number of halogens is 1. The topological polar surface area (TPSA) is 53.6 Å². The highest BCUT2D eigenvalue weighted by Gasteiger charge is 2.32. The van der Waals surface area contributed by atoms with Crippen LogP contribution in [0.5, 0.6) is 0 Å². The Labute approximate surface area is 147 Å². The second-order valence-corrected chi connectivity index (χ2v) is 7.18. The Bertz CT molecular complexity index is 355. The monoisotopic (exact) mass is 408 g/mol. The standard InChI is InChI=1S/C16H32N4.HI/c1-12(2)8-18-15(17)19-11-16(5,6)20-9-13(3)7-14(4)10-20;/h13-14H,1,7-11H2,2-6H3,(H3,17,18,19);1H. The molecule has 0 amide bonds. The molecule has 5 heteroatoms. The zero-order chi connectivity index (χ0) is 15.3. The molecule has 0 aromatic carbocycles. The molecule has 21 heavy (non-hydrogen) atoms. The fourth-order valence-corrected chi connectivity index (χ4v) is 2.83. The molecule has 124 valence electrons. The summed E-state index contributed by atoms with van der Waals surface area (Å²) in [6, 6.07) is 0. The molecule has 0 radical (unpaired) electrons. The van der Waals surface area contributed by atoms with Gasteiger partial charge in [-0.2, -0.15) is 0 Å². The van der Waals surface area contributed by atoms with Gasteiger partial charge in [-0.3, -0.25) is 9.89 Å². The molecule has 0 saturated carbocycles. The molecule has 1 aliphatic heterocycles. The Morgan fingerprint density at radius 2 is 1.86 bits per heavy atom. The number of aliphatic imine (C=N–C) groups is 1. The average molecular weight is 408 g/mol. The third-order valence-electron chi connectivity index (χ3n) is 3.93. The zero-order valence-electron chi connectivity index (χ0n) is 14.3. The van der Waals surface area contributed by atoms with E-state index in [0.717, 1.165) is 37.0 Å². The molecule has 1 rings (SSSR count). The third kappa shape index (κ3) is 7.49. The number of rotatable bonds is 5. The molecule has 0 bridgehead atoms. The van der Waals surface area contributed by atoms with Crippen LogP contribution < -0.4 is 11.1 Å². The molecule has 2 atom stereocenters. The van der Waals surface area contributed by atoms with Crippen molar-refractivity contribution in [3.05, 3.63) is 12.2 Å². The second-order valence-electron chi connectivity index (χ2n) is 7.18. The van der Waals surface area contributed by atoms with E-state index in [1.165, 1.54) is 6.42 Å². The lowest BCUT2D eigenvalue weighted by molar-refractivity contribution is 0.0513. The molecule has 0 spiro atoms. The van der Waals surface area contributed by atoms with Crippen LogP contribution in [-0.4, -0.2) is 42.6 Å². The van der Waals surface area contributed by atoms with Gasteiger partial charge in [-0.1, -0.05) is 26.0 Å². The van der Waals surface area contributed by atoms with Crippen LogP contribution in [0.3, 0.4) is 0 Å². The number of nitrogens with two attached hydrogens (primary N) is 1. The van der Waals surface area contributed by atoms with Crippen molar-refractivity contribution in [3.63, 3.8) is 0 Å². The van der Waals surface area contributed by atoms with Gasteiger partial charge in [0.05, 0.1) is 6.54 Å². The lowest BCUT2D eigenvalue weighted by Gasteiger charge is -2.44. The van der Waals surface area contributed by atoms with Gasteiger partial charge in [0, 0.05) is 25.2 Å². The van der Waals surface area contributed by atoms with Crippen LogP contribution in [0, 0.1) is 11.8 Å². The highest BCUT2D eigenvalue weighted by Crippen LogP contribution is 2.27. The van der Waals surface area contributed by atoms with Crippen LogP contribution in [0.4, 0.5) is 0 Å². The van der Waals surface area contributed by atoms with Gasteiger partial charge in [0.15, 0.2) is 5.96 Å². The van der Waals surface area contributed by atoms with Crippen molar-refractivity contribution in [1.29, 1.82) is 0 Å². The largest absolute Gasteiger partial charge is 0.370 e. The van der Waals surface area contributed by atoms with Crippen molar-refractivity contribution >= 4 is 29.9 Å². The SMILES string of the molecule is C=C(C)CNC(N)=NCC(C)(C)N1CC(C)CC(C)C1.I. The van der Waals surface area contributed by atoms with E-state index in [1.807, 2.05) is 6.92 Å². The summed E-state index contributed by atoms with van der Waals surface area (Å²) >= 11 is 0. The van der Waals surface area contributed by atoms with Crippen LogP contribution in [0.1, 0.15) is 41.0 Å². The number of likely N-dealkylation sites (tertiary alicyclic amines) is 1. The van der Waals surface area contributed by atoms with Gasteiger partial charge in [0.25, 0.3) is 0 Å². The van der Waals surface area contributed by atoms with Gasteiger partial charge in [-0.15, -0.1) is 24.0 Å². The number of hydrogen-bond donors (Lipinski definition) is 2. The summed E-state index contributed by atoms with van der Waals surface area (Å²) in [4.78, 5) is 7.05. The minimum absolute atomic E-state index is 0. The molecule has 0 aromatic heterocycles. The van der Waals surface area contributed by atoms with Crippen LogP contribution in [0.15, 0.2) is 17.1 Å². The number of hydrogen-bond acceptors (Lipinski definition) is 2. The number of nitrogens with one attached hydrogen (secondary N) is 1. The van der Waals surface area contributed by atoms with E-state index in [0.29, 0.717) is 12.5 Å². The Morgan fingerprint density at radius 1 is 1.33 bits per heavy atom. The predicted molar refractivity (Wildman–Crippen MR) is 103 cm³/mol. The lowest BCUT2D eigenvalue weighted by atomic mass is 9.88. The summed E-state index contributed by atoms with van der Waals surface area (Å²) in [5.41, 5.74) is 7.00. The zero-order valence-corrected chi connectivity index (χ0v) is 16.6. The fraction of sp³-hybridized carbons (Fsp3) is 0.812. The van der Waals surface area contributed by atoms with Gasteiger partial charge in [0.2, 0.25) is 0 Å². The summed E-state index contributed by atoms with van der Waals surface area (Å²) in [7, 11) is 0. The van der Waals surface area contributed by atoms with E-state index in [4.69, 9.17) is 5.73 Å². The number of guanidine groups is 1. The van der Waals surface area contributed by atoms with E-state index in [-0.39, 0.29) is 29.5 Å². The molecule has 1 heterocycles. The maximum absolute atomic E-state index is 5.89. The molecule has 2 unspecified atom stereocenters. The normalized spacial score (nSPS) is 24.3.